The zero-order chi connectivity index (χ0) is 33.0. The number of phenols is 1. The van der Waals surface area contributed by atoms with Crippen molar-refractivity contribution in [2.75, 3.05) is 44.6 Å². The van der Waals surface area contributed by atoms with Crippen molar-refractivity contribution in [2.24, 2.45) is 0 Å². The second-order valence-corrected chi connectivity index (χ2v) is 13.8. The van der Waals surface area contributed by atoms with Gasteiger partial charge in [-0.05, 0) is 89.2 Å². The fourth-order valence-electron chi connectivity index (χ4n) is 8.39. The highest BCUT2D eigenvalue weighted by atomic mass is 32.2. The van der Waals surface area contributed by atoms with E-state index in [9.17, 15) is 5.11 Å². The van der Waals surface area contributed by atoms with Crippen molar-refractivity contribution in [3.8, 4) is 28.4 Å². The molecule has 5 nitrogen and oxygen atoms in total. The Kier molecular flexibility index (Phi) is 7.69. The summed E-state index contributed by atoms with van der Waals surface area (Å²) in [4.78, 5) is 3.21. The van der Waals surface area contributed by atoms with Crippen LogP contribution >= 0.6 is 11.8 Å². The van der Waals surface area contributed by atoms with E-state index >= 15 is 0 Å². The third kappa shape index (κ3) is 4.49. The Balaban J connectivity index is 1.40. The molecule has 6 heteroatoms. The van der Waals surface area contributed by atoms with Crippen LogP contribution in [0.5, 0.6) is 17.2 Å². The summed E-state index contributed by atoms with van der Waals surface area (Å²) >= 11 is 1.55. The van der Waals surface area contributed by atoms with Crippen LogP contribution in [0.25, 0.3) is 28.0 Å². The molecule has 8 rings (SSSR count). The molecular weight excluding hydrogens is 615 g/mol. The first kappa shape index (κ1) is 30.9. The summed E-state index contributed by atoms with van der Waals surface area (Å²) in [5.41, 5.74) is 8.42. The SMILES string of the molecule is CCC1(CC)c2ccccc2-c2c1c1c(c3cc(SC)c(O)cc23)OC(c2ccc(OC)cc2)(c2ccc(N3CCOCC3)cc2)C=C1. The monoisotopic (exact) mass is 655 g/mol. The third-order valence-corrected chi connectivity index (χ3v) is 11.7. The Morgan fingerprint density at radius 1 is 0.875 bits per heavy atom. The normalized spacial score (nSPS) is 19.0. The molecular formula is C42H41NO4S. The van der Waals surface area contributed by atoms with Gasteiger partial charge in [0, 0.05) is 51.2 Å². The van der Waals surface area contributed by atoms with E-state index in [-0.39, 0.29) is 5.41 Å². The third-order valence-electron chi connectivity index (χ3n) is 10.9. The molecule has 48 heavy (non-hydrogen) atoms. The molecule has 1 atom stereocenters. The number of ether oxygens (including phenoxy) is 3. The van der Waals surface area contributed by atoms with Gasteiger partial charge in [-0.2, -0.15) is 0 Å². The van der Waals surface area contributed by atoms with E-state index in [1.165, 1.54) is 27.9 Å². The van der Waals surface area contributed by atoms with Gasteiger partial charge in [0.15, 0.2) is 5.60 Å². The van der Waals surface area contributed by atoms with E-state index < -0.39 is 5.60 Å². The van der Waals surface area contributed by atoms with Crippen LogP contribution in [0.2, 0.25) is 0 Å². The van der Waals surface area contributed by atoms with E-state index in [0.29, 0.717) is 5.75 Å². The lowest BCUT2D eigenvalue weighted by atomic mass is 9.71. The van der Waals surface area contributed by atoms with Gasteiger partial charge in [-0.3, -0.25) is 0 Å². The Labute approximate surface area is 287 Å². The van der Waals surface area contributed by atoms with Crippen molar-refractivity contribution in [1.82, 2.24) is 0 Å². The molecule has 3 aliphatic rings. The van der Waals surface area contributed by atoms with Crippen LogP contribution in [-0.4, -0.2) is 44.8 Å². The summed E-state index contributed by atoms with van der Waals surface area (Å²) in [5.74, 6) is 1.95. The molecule has 244 valence electrons. The van der Waals surface area contributed by atoms with Crippen LogP contribution in [0.1, 0.15) is 54.5 Å². The summed E-state index contributed by atoms with van der Waals surface area (Å²) in [6.07, 6.45) is 8.49. The van der Waals surface area contributed by atoms with Gasteiger partial charge >= 0.3 is 0 Å². The average molecular weight is 656 g/mol. The maximum Gasteiger partial charge on any atom is 0.178 e. The quantitative estimate of drug-likeness (QED) is 0.176. The Morgan fingerprint density at radius 2 is 1.56 bits per heavy atom. The minimum absolute atomic E-state index is 0.175. The van der Waals surface area contributed by atoms with Gasteiger partial charge in [0.1, 0.15) is 17.2 Å². The van der Waals surface area contributed by atoms with Crippen molar-refractivity contribution in [2.45, 2.75) is 42.6 Å². The molecule has 2 aliphatic heterocycles. The van der Waals surface area contributed by atoms with E-state index in [1.54, 1.807) is 18.9 Å². The Bertz CT molecular complexity index is 2040. The lowest BCUT2D eigenvalue weighted by Crippen LogP contribution is -2.37. The minimum atomic E-state index is -0.895. The van der Waals surface area contributed by atoms with Crippen molar-refractivity contribution in [3.63, 3.8) is 0 Å². The van der Waals surface area contributed by atoms with Crippen molar-refractivity contribution < 1.29 is 19.3 Å². The summed E-state index contributed by atoms with van der Waals surface area (Å²) in [7, 11) is 1.69. The van der Waals surface area contributed by atoms with Crippen LogP contribution in [0, 0.1) is 0 Å². The molecule has 0 radical (unpaired) electrons. The lowest BCUT2D eigenvalue weighted by molar-refractivity contribution is 0.122. The van der Waals surface area contributed by atoms with E-state index in [1.807, 2.05) is 24.5 Å². The molecule has 0 saturated carbocycles. The molecule has 1 aliphatic carbocycles. The van der Waals surface area contributed by atoms with Crippen molar-refractivity contribution in [1.29, 1.82) is 0 Å². The molecule has 0 bridgehead atoms. The number of morpholine rings is 1. The summed E-state index contributed by atoms with van der Waals surface area (Å²) < 4.78 is 18.7. The van der Waals surface area contributed by atoms with Crippen LogP contribution in [0.4, 0.5) is 5.69 Å². The number of rotatable bonds is 7. The fourth-order valence-corrected chi connectivity index (χ4v) is 8.89. The summed E-state index contributed by atoms with van der Waals surface area (Å²) in [6.45, 7) is 7.84. The Morgan fingerprint density at radius 3 is 2.23 bits per heavy atom. The topological polar surface area (TPSA) is 51.2 Å². The molecule has 1 fully saturated rings. The number of aromatic hydroxyl groups is 1. The molecule has 5 aromatic rings. The number of benzene rings is 5. The van der Waals surface area contributed by atoms with Crippen LogP contribution in [-0.2, 0) is 15.8 Å². The lowest BCUT2D eigenvalue weighted by Gasteiger charge is -2.39. The second kappa shape index (κ2) is 11.9. The largest absolute Gasteiger partial charge is 0.507 e. The maximum absolute atomic E-state index is 11.3. The van der Waals surface area contributed by atoms with Crippen molar-refractivity contribution >= 4 is 34.3 Å². The maximum atomic E-state index is 11.3. The first-order chi connectivity index (χ1) is 23.5. The molecule has 1 saturated heterocycles. The number of phenolic OH excluding ortho intramolecular Hbond substituents is 1. The van der Waals surface area contributed by atoms with Gasteiger partial charge in [0.05, 0.1) is 20.3 Å². The highest BCUT2D eigenvalue weighted by Crippen LogP contribution is 2.61. The van der Waals surface area contributed by atoms with Crippen LogP contribution < -0.4 is 14.4 Å². The number of nitrogens with zero attached hydrogens (tertiary/aromatic N) is 1. The molecule has 1 unspecified atom stereocenters. The molecule has 2 heterocycles. The number of hydrogen-bond acceptors (Lipinski definition) is 6. The Hall–Kier alpha value is -4.39. The predicted molar refractivity (Wildman–Crippen MR) is 197 cm³/mol. The minimum Gasteiger partial charge on any atom is -0.507 e. The van der Waals surface area contributed by atoms with E-state index in [0.717, 1.165) is 83.0 Å². The number of methoxy groups -OCH3 is 1. The van der Waals surface area contributed by atoms with E-state index in [4.69, 9.17) is 14.2 Å². The van der Waals surface area contributed by atoms with E-state index in [2.05, 4.69) is 97.6 Å². The first-order valence-corrected chi connectivity index (χ1v) is 18.2. The number of anilines is 1. The predicted octanol–water partition coefficient (Wildman–Crippen LogP) is 9.55. The van der Waals surface area contributed by atoms with Gasteiger partial charge in [0.25, 0.3) is 0 Å². The zero-order valence-electron chi connectivity index (χ0n) is 28.0. The number of hydrogen-bond donors (Lipinski definition) is 1. The zero-order valence-corrected chi connectivity index (χ0v) is 28.8. The first-order valence-electron chi connectivity index (χ1n) is 16.9. The number of fused-ring (bicyclic) bond motifs is 8. The summed E-state index contributed by atoms with van der Waals surface area (Å²) in [6, 6.07) is 30.0. The molecule has 0 spiro atoms. The fraction of sp³-hybridized carbons (Fsp3) is 0.286. The van der Waals surface area contributed by atoms with Gasteiger partial charge in [-0.15, -0.1) is 11.8 Å². The molecule has 0 aromatic heterocycles. The van der Waals surface area contributed by atoms with Gasteiger partial charge < -0.3 is 24.2 Å². The van der Waals surface area contributed by atoms with Gasteiger partial charge in [-0.25, -0.2) is 0 Å². The second-order valence-electron chi connectivity index (χ2n) is 12.9. The average Bonchev–Trinajstić information content (AvgIpc) is 3.45. The highest BCUT2D eigenvalue weighted by molar-refractivity contribution is 7.98. The van der Waals surface area contributed by atoms with Gasteiger partial charge in [-0.1, -0.05) is 68.5 Å². The summed E-state index contributed by atoms with van der Waals surface area (Å²) in [5, 5.41) is 13.3. The molecule has 1 N–H and O–H groups in total. The number of thioether (sulfide) groups is 1. The van der Waals surface area contributed by atoms with Crippen LogP contribution in [0.15, 0.2) is 95.9 Å². The molecule has 5 aromatic carbocycles. The standard InChI is InChI=1S/C42H41NO4S/c1-5-41(6-2)35-10-8-7-9-31(35)38-33-25-36(44)37(48-4)26-34(33)40-32(39(38)41)19-20-42(47-40,28-13-17-30(45-3)18-14-28)27-11-15-29(16-12-27)43-21-23-46-24-22-43/h7-20,25-26,44H,5-6,21-24H2,1-4H3. The van der Waals surface area contributed by atoms with Gasteiger partial charge in [0.2, 0.25) is 0 Å². The van der Waals surface area contributed by atoms with Crippen molar-refractivity contribution in [3.05, 3.63) is 119 Å². The highest BCUT2D eigenvalue weighted by Gasteiger charge is 2.47. The van der Waals surface area contributed by atoms with Crippen LogP contribution in [0.3, 0.4) is 0 Å². The smallest absolute Gasteiger partial charge is 0.178 e. The molecule has 0 amide bonds.